The number of halogens is 2. The zero-order chi connectivity index (χ0) is 18.0. The van der Waals surface area contributed by atoms with Crippen LogP contribution in [-0.4, -0.2) is 27.0 Å². The molecule has 126 valence electrons. The van der Waals surface area contributed by atoms with Crippen LogP contribution in [0, 0.1) is 18.3 Å². The molecule has 24 heavy (non-hydrogen) atoms. The van der Waals surface area contributed by atoms with E-state index in [-0.39, 0.29) is 10.8 Å². The molecule has 0 aliphatic rings. The maximum absolute atomic E-state index is 10.9. The van der Waals surface area contributed by atoms with Gasteiger partial charge in [0, 0.05) is 11.9 Å². The van der Waals surface area contributed by atoms with Gasteiger partial charge in [0.05, 0.1) is 15.7 Å². The molecule has 6 nitrogen and oxygen atoms in total. The van der Waals surface area contributed by atoms with Crippen LogP contribution in [0.25, 0.3) is 0 Å². The summed E-state index contributed by atoms with van der Waals surface area (Å²) in [6.45, 7) is 3.15. The lowest BCUT2D eigenvalue weighted by atomic mass is 10.3. The molecule has 0 aliphatic carbocycles. The molecule has 1 atom stereocenters. The van der Waals surface area contributed by atoms with E-state index in [0.717, 1.165) is 0 Å². The lowest BCUT2D eigenvalue weighted by Gasteiger charge is -2.14. The summed E-state index contributed by atoms with van der Waals surface area (Å²) in [6, 6.07) is 5.15. The van der Waals surface area contributed by atoms with Gasteiger partial charge in [-0.2, -0.15) is 10.4 Å². The molecule has 0 saturated heterocycles. The fraction of sp³-hybridized carbons (Fsp3) is 0.267. The first-order valence-electron chi connectivity index (χ1n) is 6.74. The number of benzene rings is 1. The summed E-state index contributed by atoms with van der Waals surface area (Å²) in [6.07, 6.45) is -1.06. The molecule has 2 aromatic rings. The van der Waals surface area contributed by atoms with Crippen LogP contribution in [0.2, 0.25) is 10.0 Å². The number of nitrogens with zero attached hydrogens (tertiary/aromatic N) is 3. The molecule has 0 unspecified atom stereocenters. The summed E-state index contributed by atoms with van der Waals surface area (Å²) < 4.78 is 6.93. The van der Waals surface area contributed by atoms with Crippen LogP contribution >= 0.6 is 35.0 Å². The maximum Gasteiger partial charge on any atom is 0.344 e. The van der Waals surface area contributed by atoms with Crippen molar-refractivity contribution in [1.82, 2.24) is 9.78 Å². The number of rotatable bonds is 5. The largest absolute Gasteiger partial charge is 0.479 e. The number of carboxylic acid groups (broad SMARTS) is 1. The Labute approximate surface area is 152 Å². The van der Waals surface area contributed by atoms with Crippen molar-refractivity contribution in [2.45, 2.75) is 29.9 Å². The molecule has 2 rings (SSSR count). The third-order valence-corrected chi connectivity index (χ3v) is 5.07. The minimum atomic E-state index is -1.11. The minimum absolute atomic E-state index is 0.205. The molecule has 1 aromatic carbocycles. The molecule has 1 heterocycles. The van der Waals surface area contributed by atoms with Gasteiger partial charge in [-0.1, -0.05) is 35.0 Å². The van der Waals surface area contributed by atoms with Crippen LogP contribution < -0.4 is 4.74 Å². The zero-order valence-electron chi connectivity index (χ0n) is 13.0. The number of hydrogen-bond donors (Lipinski definition) is 1. The molecule has 0 spiro atoms. The van der Waals surface area contributed by atoms with E-state index in [1.807, 2.05) is 0 Å². The van der Waals surface area contributed by atoms with Gasteiger partial charge >= 0.3 is 5.97 Å². The number of carboxylic acids is 1. The second kappa shape index (κ2) is 7.34. The van der Waals surface area contributed by atoms with Gasteiger partial charge in [0.15, 0.2) is 6.10 Å². The normalized spacial score (nSPS) is 11.8. The van der Waals surface area contributed by atoms with E-state index in [1.54, 1.807) is 24.7 Å². The summed E-state index contributed by atoms with van der Waals surface area (Å²) in [5.41, 5.74) is 1.07. The Hall–Kier alpha value is -1.88. The predicted molar refractivity (Wildman–Crippen MR) is 91.0 cm³/mol. The highest BCUT2D eigenvalue weighted by Gasteiger charge is 2.19. The van der Waals surface area contributed by atoms with Crippen molar-refractivity contribution in [1.29, 1.82) is 5.26 Å². The number of aliphatic carboxylic acids is 1. The van der Waals surface area contributed by atoms with Gasteiger partial charge in [-0.3, -0.25) is 4.68 Å². The summed E-state index contributed by atoms with van der Waals surface area (Å²) in [4.78, 5) is 11.5. The molecule has 1 N–H and O–H groups in total. The minimum Gasteiger partial charge on any atom is -0.479 e. The highest BCUT2D eigenvalue weighted by Crippen LogP contribution is 2.41. The fourth-order valence-electron chi connectivity index (χ4n) is 1.91. The number of nitriles is 1. The zero-order valence-corrected chi connectivity index (χ0v) is 15.3. The van der Waals surface area contributed by atoms with Gasteiger partial charge in [0.1, 0.15) is 22.4 Å². The highest BCUT2D eigenvalue weighted by atomic mass is 35.5. The van der Waals surface area contributed by atoms with Crippen molar-refractivity contribution in [2.75, 3.05) is 0 Å². The third kappa shape index (κ3) is 3.78. The molecule has 0 amide bonds. The Morgan fingerprint density at radius 2 is 2.12 bits per heavy atom. The number of ether oxygens (including phenoxy) is 1. The van der Waals surface area contributed by atoms with Gasteiger partial charge in [-0.15, -0.1) is 0 Å². The molecular weight excluding hydrogens is 373 g/mol. The van der Waals surface area contributed by atoms with Crippen molar-refractivity contribution >= 4 is 40.9 Å². The summed E-state index contributed by atoms with van der Waals surface area (Å²) in [7, 11) is 1.73. The Morgan fingerprint density at radius 3 is 2.71 bits per heavy atom. The number of aromatic nitrogens is 2. The van der Waals surface area contributed by atoms with Crippen LogP contribution in [-0.2, 0) is 11.8 Å². The fourth-order valence-corrected chi connectivity index (χ4v) is 3.45. The quantitative estimate of drug-likeness (QED) is 0.838. The van der Waals surface area contributed by atoms with E-state index < -0.39 is 12.1 Å². The SMILES string of the molecule is Cc1nn(C)c(Sc2cc(O[C@H](C)C(=O)O)c(Cl)cc2Cl)c1C#N. The first kappa shape index (κ1) is 18.5. The van der Waals surface area contributed by atoms with Crippen molar-refractivity contribution in [3.05, 3.63) is 33.4 Å². The Bertz CT molecular complexity index is 845. The molecule has 1 aromatic heterocycles. The van der Waals surface area contributed by atoms with Gasteiger partial charge in [-0.25, -0.2) is 4.79 Å². The number of aryl methyl sites for hydroxylation is 2. The lowest BCUT2D eigenvalue weighted by molar-refractivity contribution is -0.144. The summed E-state index contributed by atoms with van der Waals surface area (Å²) in [5, 5.41) is 23.6. The smallest absolute Gasteiger partial charge is 0.344 e. The highest BCUT2D eigenvalue weighted by molar-refractivity contribution is 7.99. The van der Waals surface area contributed by atoms with Gasteiger partial charge in [-0.05, 0) is 26.0 Å². The van der Waals surface area contributed by atoms with Crippen LogP contribution in [0.15, 0.2) is 22.1 Å². The third-order valence-electron chi connectivity index (χ3n) is 3.13. The lowest BCUT2D eigenvalue weighted by Crippen LogP contribution is -2.23. The Kier molecular flexibility index (Phi) is 5.65. The molecule has 0 radical (unpaired) electrons. The first-order chi connectivity index (χ1) is 11.2. The van der Waals surface area contributed by atoms with Crippen LogP contribution in [0.5, 0.6) is 5.75 Å². The second-order valence-corrected chi connectivity index (χ2v) is 6.76. The molecule has 0 saturated carbocycles. The van der Waals surface area contributed by atoms with Crippen LogP contribution in [0.1, 0.15) is 18.2 Å². The monoisotopic (exact) mass is 385 g/mol. The molecule has 0 aliphatic heterocycles. The molecule has 9 heteroatoms. The number of hydrogen-bond acceptors (Lipinski definition) is 5. The average Bonchev–Trinajstić information content (AvgIpc) is 2.77. The van der Waals surface area contributed by atoms with E-state index in [1.165, 1.54) is 24.8 Å². The number of carbonyl (C=O) groups is 1. The van der Waals surface area contributed by atoms with E-state index >= 15 is 0 Å². The first-order valence-corrected chi connectivity index (χ1v) is 8.31. The van der Waals surface area contributed by atoms with Gasteiger partial charge in [0.25, 0.3) is 0 Å². The van der Waals surface area contributed by atoms with Crippen molar-refractivity contribution in [3.63, 3.8) is 0 Å². The standard InChI is InChI=1S/C15H13Cl2N3O3S/c1-7-9(6-18)14(20(3)19-7)24-13-5-12(10(16)4-11(13)17)23-8(2)15(21)22/h4-5,8H,1-3H3,(H,21,22)/t8-/m1/s1. The molecule has 0 bridgehead atoms. The Morgan fingerprint density at radius 1 is 1.46 bits per heavy atom. The van der Waals surface area contributed by atoms with E-state index in [2.05, 4.69) is 11.2 Å². The average molecular weight is 386 g/mol. The molecular formula is C15H13Cl2N3O3S. The van der Waals surface area contributed by atoms with Crippen molar-refractivity contribution < 1.29 is 14.6 Å². The molecule has 0 fully saturated rings. The predicted octanol–water partition coefficient (Wildman–Crippen LogP) is 3.91. The van der Waals surface area contributed by atoms with E-state index in [4.69, 9.17) is 33.0 Å². The van der Waals surface area contributed by atoms with Gasteiger partial charge in [0.2, 0.25) is 0 Å². The van der Waals surface area contributed by atoms with E-state index in [9.17, 15) is 10.1 Å². The van der Waals surface area contributed by atoms with E-state index in [0.29, 0.717) is 26.2 Å². The van der Waals surface area contributed by atoms with Gasteiger partial charge < -0.3 is 9.84 Å². The topological polar surface area (TPSA) is 88.1 Å². The van der Waals surface area contributed by atoms with Crippen LogP contribution in [0.4, 0.5) is 0 Å². The summed E-state index contributed by atoms with van der Waals surface area (Å²) >= 11 is 13.5. The van der Waals surface area contributed by atoms with Crippen LogP contribution in [0.3, 0.4) is 0 Å². The van der Waals surface area contributed by atoms with Crippen molar-refractivity contribution in [2.24, 2.45) is 7.05 Å². The summed E-state index contributed by atoms with van der Waals surface area (Å²) in [5.74, 6) is -0.903. The maximum atomic E-state index is 10.9. The van der Waals surface area contributed by atoms with Crippen molar-refractivity contribution in [3.8, 4) is 11.8 Å². The second-order valence-electron chi connectivity index (χ2n) is 4.91. The Balaban J connectivity index is 2.41.